The predicted octanol–water partition coefficient (Wildman–Crippen LogP) is 3.09. The molecule has 1 rings (SSSR count). The van der Waals surface area contributed by atoms with Crippen molar-refractivity contribution < 1.29 is 0 Å². The van der Waals surface area contributed by atoms with Gasteiger partial charge >= 0.3 is 0 Å². The summed E-state index contributed by atoms with van der Waals surface area (Å²) < 4.78 is 2.43. The molecular formula is C9H18IN. The Morgan fingerprint density at radius 1 is 1.36 bits per heavy atom. The standard InChI is InChI=1S/C9H18IN/c1-3-9-5-7-11(10)6-4-8(9)2/h8-9H,3-7H2,1-2H3. The molecule has 0 spiro atoms. The van der Waals surface area contributed by atoms with Crippen LogP contribution in [0.1, 0.15) is 33.1 Å². The third-order valence-electron chi connectivity index (χ3n) is 2.90. The molecule has 1 aliphatic heterocycles. The number of rotatable bonds is 1. The third kappa shape index (κ3) is 2.90. The molecule has 0 aromatic heterocycles. The van der Waals surface area contributed by atoms with Crippen LogP contribution in [0.25, 0.3) is 0 Å². The zero-order valence-corrected chi connectivity index (χ0v) is 9.67. The Hall–Kier alpha value is 0.690. The van der Waals surface area contributed by atoms with Gasteiger partial charge in [-0.1, -0.05) is 20.3 Å². The molecule has 11 heavy (non-hydrogen) atoms. The zero-order valence-electron chi connectivity index (χ0n) is 7.52. The Labute approximate surface area is 84.0 Å². The fourth-order valence-electron chi connectivity index (χ4n) is 1.89. The lowest BCUT2D eigenvalue weighted by atomic mass is 9.88. The molecule has 0 N–H and O–H groups in total. The normalized spacial score (nSPS) is 35.2. The maximum atomic E-state index is 2.45. The van der Waals surface area contributed by atoms with Gasteiger partial charge in [-0.2, -0.15) is 0 Å². The van der Waals surface area contributed by atoms with E-state index in [1.54, 1.807) is 0 Å². The van der Waals surface area contributed by atoms with Crippen LogP contribution in [0.15, 0.2) is 0 Å². The van der Waals surface area contributed by atoms with Gasteiger partial charge in [0, 0.05) is 36.0 Å². The van der Waals surface area contributed by atoms with E-state index in [0.717, 1.165) is 11.8 Å². The summed E-state index contributed by atoms with van der Waals surface area (Å²) in [6, 6.07) is 0. The summed E-state index contributed by atoms with van der Waals surface area (Å²) in [6.07, 6.45) is 4.16. The first kappa shape index (κ1) is 9.78. The summed E-state index contributed by atoms with van der Waals surface area (Å²) in [5.41, 5.74) is 0. The molecule has 66 valence electrons. The van der Waals surface area contributed by atoms with Gasteiger partial charge in [-0.05, 0) is 24.7 Å². The number of hydrogen-bond acceptors (Lipinski definition) is 1. The topological polar surface area (TPSA) is 3.24 Å². The fourth-order valence-corrected chi connectivity index (χ4v) is 2.45. The third-order valence-corrected chi connectivity index (χ3v) is 3.86. The van der Waals surface area contributed by atoms with Crippen molar-refractivity contribution in [2.45, 2.75) is 33.1 Å². The highest BCUT2D eigenvalue weighted by Crippen LogP contribution is 2.27. The minimum atomic E-state index is 0.944. The molecule has 1 heterocycles. The van der Waals surface area contributed by atoms with Crippen molar-refractivity contribution in [1.29, 1.82) is 0 Å². The SMILES string of the molecule is CCC1CCN(I)CCC1C. The Kier molecular flexibility index (Phi) is 4.13. The molecule has 2 heteroatoms. The second-order valence-electron chi connectivity index (χ2n) is 3.63. The van der Waals surface area contributed by atoms with Crippen molar-refractivity contribution >= 4 is 22.9 Å². The van der Waals surface area contributed by atoms with E-state index in [0.29, 0.717) is 0 Å². The van der Waals surface area contributed by atoms with Crippen LogP contribution in [-0.2, 0) is 0 Å². The van der Waals surface area contributed by atoms with Gasteiger partial charge in [-0.15, -0.1) is 0 Å². The summed E-state index contributed by atoms with van der Waals surface area (Å²) >= 11 is 2.45. The van der Waals surface area contributed by atoms with E-state index in [2.05, 4.69) is 39.8 Å². The molecule has 0 bridgehead atoms. The minimum Gasteiger partial charge on any atom is -0.248 e. The molecule has 0 aromatic carbocycles. The predicted molar refractivity (Wildman–Crippen MR) is 57.8 cm³/mol. The van der Waals surface area contributed by atoms with Gasteiger partial charge < -0.3 is 0 Å². The Balaban J connectivity index is 2.41. The first-order valence-electron chi connectivity index (χ1n) is 4.64. The molecule has 0 aromatic rings. The second kappa shape index (κ2) is 4.65. The van der Waals surface area contributed by atoms with Crippen LogP contribution in [-0.4, -0.2) is 16.2 Å². The highest BCUT2D eigenvalue weighted by Gasteiger charge is 2.20. The molecule has 1 fully saturated rings. The molecule has 1 aliphatic rings. The minimum absolute atomic E-state index is 0.944. The van der Waals surface area contributed by atoms with E-state index in [4.69, 9.17) is 0 Å². The lowest BCUT2D eigenvalue weighted by molar-refractivity contribution is 0.337. The highest BCUT2D eigenvalue weighted by molar-refractivity contribution is 14.1. The Bertz CT molecular complexity index is 116. The summed E-state index contributed by atoms with van der Waals surface area (Å²) in [5, 5.41) is 0. The molecule has 0 amide bonds. The number of hydrogen-bond donors (Lipinski definition) is 0. The van der Waals surface area contributed by atoms with Crippen LogP contribution in [0.2, 0.25) is 0 Å². The molecule has 0 aliphatic carbocycles. The monoisotopic (exact) mass is 267 g/mol. The Morgan fingerprint density at radius 2 is 2.00 bits per heavy atom. The second-order valence-corrected chi connectivity index (χ2v) is 5.00. The molecule has 0 saturated carbocycles. The first-order valence-corrected chi connectivity index (χ1v) is 5.61. The van der Waals surface area contributed by atoms with Crippen LogP contribution in [0, 0.1) is 11.8 Å². The van der Waals surface area contributed by atoms with Crippen LogP contribution in [0.3, 0.4) is 0 Å². The van der Waals surface area contributed by atoms with Gasteiger partial charge in [-0.3, -0.25) is 0 Å². The maximum Gasteiger partial charge on any atom is 0.0201 e. The Morgan fingerprint density at radius 3 is 2.64 bits per heavy atom. The highest BCUT2D eigenvalue weighted by atomic mass is 127. The molecule has 2 atom stereocenters. The van der Waals surface area contributed by atoms with E-state index in [-0.39, 0.29) is 0 Å². The van der Waals surface area contributed by atoms with Crippen LogP contribution in [0.4, 0.5) is 0 Å². The average Bonchev–Trinajstić information content (AvgIpc) is 2.15. The molecule has 1 nitrogen and oxygen atoms in total. The number of nitrogens with zero attached hydrogens (tertiary/aromatic N) is 1. The van der Waals surface area contributed by atoms with Gasteiger partial charge in [0.25, 0.3) is 0 Å². The van der Waals surface area contributed by atoms with Crippen molar-refractivity contribution in [3.63, 3.8) is 0 Å². The summed E-state index contributed by atoms with van der Waals surface area (Å²) in [6.45, 7) is 7.32. The van der Waals surface area contributed by atoms with Crippen molar-refractivity contribution in [3.8, 4) is 0 Å². The van der Waals surface area contributed by atoms with Crippen molar-refractivity contribution in [3.05, 3.63) is 0 Å². The van der Waals surface area contributed by atoms with Crippen LogP contribution >= 0.6 is 22.9 Å². The molecule has 1 saturated heterocycles. The summed E-state index contributed by atoms with van der Waals surface area (Å²) in [4.78, 5) is 0. The van der Waals surface area contributed by atoms with E-state index in [9.17, 15) is 0 Å². The largest absolute Gasteiger partial charge is 0.248 e. The molecule has 0 radical (unpaired) electrons. The van der Waals surface area contributed by atoms with Gasteiger partial charge in [0.05, 0.1) is 0 Å². The maximum absolute atomic E-state index is 2.45. The fraction of sp³-hybridized carbons (Fsp3) is 1.00. The van der Waals surface area contributed by atoms with Gasteiger partial charge in [-0.25, -0.2) is 3.11 Å². The van der Waals surface area contributed by atoms with E-state index < -0.39 is 0 Å². The number of halogens is 1. The summed E-state index contributed by atoms with van der Waals surface area (Å²) in [5.74, 6) is 1.93. The first-order chi connectivity index (χ1) is 5.24. The van der Waals surface area contributed by atoms with E-state index >= 15 is 0 Å². The lowest BCUT2D eigenvalue weighted by Gasteiger charge is -2.17. The quantitative estimate of drug-likeness (QED) is 0.521. The smallest absolute Gasteiger partial charge is 0.0201 e. The van der Waals surface area contributed by atoms with Crippen molar-refractivity contribution in [2.24, 2.45) is 11.8 Å². The van der Waals surface area contributed by atoms with Gasteiger partial charge in [0.2, 0.25) is 0 Å². The lowest BCUT2D eigenvalue weighted by Crippen LogP contribution is -2.11. The molecular weight excluding hydrogens is 249 g/mol. The zero-order chi connectivity index (χ0) is 8.27. The van der Waals surface area contributed by atoms with Gasteiger partial charge in [0.1, 0.15) is 0 Å². The van der Waals surface area contributed by atoms with Crippen LogP contribution in [0.5, 0.6) is 0 Å². The van der Waals surface area contributed by atoms with Gasteiger partial charge in [0.15, 0.2) is 0 Å². The van der Waals surface area contributed by atoms with Crippen molar-refractivity contribution in [2.75, 3.05) is 13.1 Å². The van der Waals surface area contributed by atoms with Crippen LogP contribution < -0.4 is 0 Å². The van der Waals surface area contributed by atoms with Crippen molar-refractivity contribution in [1.82, 2.24) is 3.11 Å². The van der Waals surface area contributed by atoms with E-state index in [1.807, 2.05) is 0 Å². The molecule has 2 unspecified atom stereocenters. The van der Waals surface area contributed by atoms with E-state index in [1.165, 1.54) is 32.4 Å². The average molecular weight is 267 g/mol. The summed E-state index contributed by atoms with van der Waals surface area (Å²) in [7, 11) is 0.